The van der Waals surface area contributed by atoms with Crippen molar-refractivity contribution in [1.29, 1.82) is 0 Å². The topological polar surface area (TPSA) is 85.5 Å². The molecule has 0 aliphatic carbocycles. The Balaban J connectivity index is 2.06. The molecule has 0 aliphatic heterocycles. The Hall–Kier alpha value is -2.97. The summed E-state index contributed by atoms with van der Waals surface area (Å²) in [5, 5.41) is 20.5. The van der Waals surface area contributed by atoms with Gasteiger partial charge >= 0.3 is 5.82 Å². The predicted molar refractivity (Wildman–Crippen MR) is 103 cm³/mol. The van der Waals surface area contributed by atoms with Crippen LogP contribution in [0, 0.1) is 21.7 Å². The van der Waals surface area contributed by atoms with Crippen LogP contribution < -0.4 is 4.74 Å². The highest BCUT2D eigenvalue weighted by Gasteiger charge is 2.25. The summed E-state index contributed by atoms with van der Waals surface area (Å²) in [6.45, 7) is 1.48. The van der Waals surface area contributed by atoms with Crippen LogP contribution in [0.4, 0.5) is 14.6 Å². The SMILES string of the molecule is C[C@@H](Oc1cc(-c2ccc(O)cc2F)cnc1[N+](=O)[O-])c1c(Cl)ccc(F)c1Cl. The second-order valence-corrected chi connectivity index (χ2v) is 6.77. The number of benzene rings is 2. The van der Waals surface area contributed by atoms with Crippen molar-refractivity contribution >= 4 is 29.0 Å². The minimum absolute atomic E-state index is 0.0459. The summed E-state index contributed by atoms with van der Waals surface area (Å²) in [6, 6.07) is 7.03. The molecule has 0 fully saturated rings. The van der Waals surface area contributed by atoms with Gasteiger partial charge in [-0.25, -0.2) is 8.78 Å². The van der Waals surface area contributed by atoms with Crippen LogP contribution in [0.3, 0.4) is 0 Å². The molecule has 1 aromatic heterocycles. The van der Waals surface area contributed by atoms with Crippen molar-refractivity contribution in [2.75, 3.05) is 0 Å². The lowest BCUT2D eigenvalue weighted by atomic mass is 10.1. The van der Waals surface area contributed by atoms with Crippen LogP contribution in [0.15, 0.2) is 42.6 Å². The third kappa shape index (κ3) is 4.23. The Morgan fingerprint density at radius 2 is 1.90 bits per heavy atom. The highest BCUT2D eigenvalue weighted by atomic mass is 35.5. The van der Waals surface area contributed by atoms with Gasteiger partial charge in [-0.15, -0.1) is 0 Å². The van der Waals surface area contributed by atoms with Crippen LogP contribution in [0.25, 0.3) is 11.1 Å². The summed E-state index contributed by atoms with van der Waals surface area (Å²) in [5.74, 6) is -2.67. The number of nitrogens with zero attached hydrogens (tertiary/aromatic N) is 2. The van der Waals surface area contributed by atoms with Crippen molar-refractivity contribution in [3.05, 3.63) is 80.0 Å². The molecule has 2 aromatic carbocycles. The van der Waals surface area contributed by atoms with Gasteiger partial charge < -0.3 is 20.0 Å². The van der Waals surface area contributed by atoms with Gasteiger partial charge in [0.15, 0.2) is 0 Å². The molecule has 10 heteroatoms. The van der Waals surface area contributed by atoms with E-state index in [0.717, 1.165) is 18.3 Å². The zero-order chi connectivity index (χ0) is 21.3. The number of phenols is 1. The highest BCUT2D eigenvalue weighted by Crippen LogP contribution is 2.38. The molecule has 0 saturated carbocycles. The number of aromatic hydroxyl groups is 1. The van der Waals surface area contributed by atoms with E-state index in [4.69, 9.17) is 27.9 Å². The van der Waals surface area contributed by atoms with Crippen molar-refractivity contribution in [2.45, 2.75) is 13.0 Å². The fourth-order valence-electron chi connectivity index (χ4n) is 2.71. The first-order valence-corrected chi connectivity index (χ1v) is 8.88. The maximum atomic E-state index is 14.2. The van der Waals surface area contributed by atoms with Crippen LogP contribution >= 0.6 is 23.2 Å². The van der Waals surface area contributed by atoms with Crippen LogP contribution in [-0.4, -0.2) is 15.0 Å². The molecule has 3 aromatic rings. The summed E-state index contributed by atoms with van der Waals surface area (Å²) in [7, 11) is 0. The normalized spacial score (nSPS) is 11.9. The van der Waals surface area contributed by atoms with Crippen molar-refractivity contribution in [2.24, 2.45) is 0 Å². The average molecular weight is 441 g/mol. The fraction of sp³-hybridized carbons (Fsp3) is 0.105. The van der Waals surface area contributed by atoms with Gasteiger partial charge in [0.25, 0.3) is 0 Å². The van der Waals surface area contributed by atoms with E-state index in [-0.39, 0.29) is 38.2 Å². The highest BCUT2D eigenvalue weighted by molar-refractivity contribution is 6.36. The van der Waals surface area contributed by atoms with Gasteiger partial charge in [-0.1, -0.05) is 23.2 Å². The number of phenolic OH excluding ortho intramolecular Hbond substituents is 1. The summed E-state index contributed by atoms with van der Waals surface area (Å²) in [6.07, 6.45) is 0.124. The van der Waals surface area contributed by atoms with E-state index in [0.29, 0.717) is 0 Å². The lowest BCUT2D eigenvalue weighted by Crippen LogP contribution is -2.08. The smallest absolute Gasteiger partial charge is 0.406 e. The number of hydrogen-bond acceptors (Lipinski definition) is 5. The summed E-state index contributed by atoms with van der Waals surface area (Å²) < 4.78 is 33.6. The lowest BCUT2D eigenvalue weighted by Gasteiger charge is -2.18. The summed E-state index contributed by atoms with van der Waals surface area (Å²) in [4.78, 5) is 14.3. The Morgan fingerprint density at radius 3 is 2.55 bits per heavy atom. The Morgan fingerprint density at radius 1 is 1.17 bits per heavy atom. The summed E-state index contributed by atoms with van der Waals surface area (Å²) in [5.41, 5.74) is 0.320. The molecule has 0 radical (unpaired) electrons. The van der Waals surface area contributed by atoms with Gasteiger partial charge in [-0.05, 0) is 41.1 Å². The largest absolute Gasteiger partial charge is 0.508 e. The molecule has 29 heavy (non-hydrogen) atoms. The zero-order valence-corrected chi connectivity index (χ0v) is 16.2. The van der Waals surface area contributed by atoms with Crippen molar-refractivity contribution in [1.82, 2.24) is 4.98 Å². The number of halogens is 4. The molecule has 0 spiro atoms. The van der Waals surface area contributed by atoms with Crippen LogP contribution in [-0.2, 0) is 0 Å². The van der Waals surface area contributed by atoms with E-state index in [1.165, 1.54) is 31.2 Å². The monoisotopic (exact) mass is 440 g/mol. The fourth-order valence-corrected chi connectivity index (χ4v) is 3.39. The van der Waals surface area contributed by atoms with Crippen LogP contribution in [0.1, 0.15) is 18.6 Å². The minimum atomic E-state index is -0.980. The maximum absolute atomic E-state index is 14.2. The quantitative estimate of drug-likeness (QED) is 0.294. The van der Waals surface area contributed by atoms with Gasteiger partial charge in [0.1, 0.15) is 29.7 Å². The molecule has 3 rings (SSSR count). The van der Waals surface area contributed by atoms with Crippen molar-refractivity contribution in [3.8, 4) is 22.6 Å². The van der Waals surface area contributed by atoms with E-state index >= 15 is 0 Å². The number of ether oxygens (including phenoxy) is 1. The van der Waals surface area contributed by atoms with Gasteiger partial charge in [0.05, 0.1) is 5.02 Å². The van der Waals surface area contributed by atoms with Gasteiger partial charge in [0, 0.05) is 33.8 Å². The Kier molecular flexibility index (Phi) is 5.86. The molecule has 0 saturated heterocycles. The number of rotatable bonds is 5. The molecule has 0 bridgehead atoms. The number of pyridine rings is 1. The number of aromatic nitrogens is 1. The van der Waals surface area contributed by atoms with Gasteiger partial charge in [-0.3, -0.25) is 0 Å². The number of nitro groups is 1. The third-order valence-corrected chi connectivity index (χ3v) is 4.77. The Bertz CT molecular complexity index is 1110. The van der Waals surface area contributed by atoms with Gasteiger partial charge in [0.2, 0.25) is 5.75 Å². The second kappa shape index (κ2) is 8.18. The van der Waals surface area contributed by atoms with Gasteiger partial charge in [-0.2, -0.15) is 0 Å². The maximum Gasteiger partial charge on any atom is 0.406 e. The van der Waals surface area contributed by atoms with E-state index < -0.39 is 28.5 Å². The molecule has 1 heterocycles. The van der Waals surface area contributed by atoms with E-state index in [9.17, 15) is 24.0 Å². The second-order valence-electron chi connectivity index (χ2n) is 5.98. The van der Waals surface area contributed by atoms with Crippen molar-refractivity contribution < 1.29 is 23.5 Å². The molecule has 0 amide bonds. The molecule has 150 valence electrons. The van der Waals surface area contributed by atoms with E-state index in [2.05, 4.69) is 4.98 Å². The third-order valence-electron chi connectivity index (χ3n) is 4.06. The van der Waals surface area contributed by atoms with E-state index in [1.807, 2.05) is 0 Å². The predicted octanol–water partition coefficient (Wildman–Crippen LogP) is 6.09. The average Bonchev–Trinajstić information content (AvgIpc) is 2.65. The van der Waals surface area contributed by atoms with Crippen LogP contribution in [0.5, 0.6) is 11.5 Å². The zero-order valence-electron chi connectivity index (χ0n) is 14.7. The molecule has 0 unspecified atom stereocenters. The first-order chi connectivity index (χ1) is 13.7. The first kappa shape index (κ1) is 20.8. The molecule has 1 N–H and O–H groups in total. The standard InChI is InChI=1S/C19H12Cl2F2N2O4/c1-9(17-13(20)4-5-14(22)18(17)21)29-16-6-10(8-24-19(16)25(27)28)12-3-2-11(26)7-15(12)23/h2-9,26H,1H3/t9-/m1/s1. The molecule has 0 aliphatic rings. The minimum Gasteiger partial charge on any atom is -0.508 e. The van der Waals surface area contributed by atoms with Crippen molar-refractivity contribution in [3.63, 3.8) is 0 Å². The number of hydrogen-bond donors (Lipinski definition) is 1. The molecule has 6 nitrogen and oxygen atoms in total. The molecular formula is C19H12Cl2F2N2O4. The van der Waals surface area contributed by atoms with E-state index in [1.54, 1.807) is 0 Å². The first-order valence-electron chi connectivity index (χ1n) is 8.12. The summed E-state index contributed by atoms with van der Waals surface area (Å²) >= 11 is 12.0. The lowest BCUT2D eigenvalue weighted by molar-refractivity contribution is -0.390. The Labute approximate surface area is 173 Å². The molecule has 1 atom stereocenters. The molecular weight excluding hydrogens is 429 g/mol. The van der Waals surface area contributed by atoms with Crippen LogP contribution in [0.2, 0.25) is 10.0 Å².